The first kappa shape index (κ1) is 8.07. The maximum absolute atomic E-state index is 8.61. The van der Waals surface area contributed by atoms with Gasteiger partial charge in [0, 0.05) is 13.1 Å². The first-order chi connectivity index (χ1) is 5.88. The summed E-state index contributed by atoms with van der Waals surface area (Å²) in [6, 6.07) is 2.26. The minimum atomic E-state index is 0.646. The van der Waals surface area contributed by atoms with Crippen molar-refractivity contribution in [3.63, 3.8) is 0 Å². The van der Waals surface area contributed by atoms with Crippen LogP contribution in [-0.4, -0.2) is 24.5 Å². The van der Waals surface area contributed by atoms with Crippen molar-refractivity contribution in [2.24, 2.45) is 11.8 Å². The molecular formula is C10H16N2. The molecule has 2 aliphatic carbocycles. The standard InChI is InChI=1S/C10H16N2/c11-5-6-12(7-9-1-2-9)8-10-3-4-10/h9-10H,1-4,6-8H2. The molecule has 0 spiro atoms. The van der Waals surface area contributed by atoms with Gasteiger partial charge in [0.15, 0.2) is 0 Å². The van der Waals surface area contributed by atoms with Gasteiger partial charge in [0.2, 0.25) is 0 Å². The fraction of sp³-hybridized carbons (Fsp3) is 0.900. The molecule has 2 saturated carbocycles. The van der Waals surface area contributed by atoms with Crippen LogP contribution in [0.5, 0.6) is 0 Å². The van der Waals surface area contributed by atoms with Crippen LogP contribution >= 0.6 is 0 Å². The minimum absolute atomic E-state index is 0.646. The summed E-state index contributed by atoms with van der Waals surface area (Å²) in [4.78, 5) is 2.34. The highest BCUT2D eigenvalue weighted by atomic mass is 15.1. The van der Waals surface area contributed by atoms with Crippen molar-refractivity contribution in [2.75, 3.05) is 19.6 Å². The molecule has 2 fully saturated rings. The van der Waals surface area contributed by atoms with Gasteiger partial charge in [-0.15, -0.1) is 0 Å². The second-order valence-corrected chi connectivity index (χ2v) is 4.24. The molecule has 0 saturated heterocycles. The number of hydrogen-bond donors (Lipinski definition) is 0. The normalized spacial score (nSPS) is 22.7. The van der Waals surface area contributed by atoms with Crippen molar-refractivity contribution in [1.82, 2.24) is 4.90 Å². The van der Waals surface area contributed by atoms with Gasteiger partial charge in [0.05, 0.1) is 12.6 Å². The Morgan fingerprint density at radius 3 is 1.92 bits per heavy atom. The van der Waals surface area contributed by atoms with E-state index >= 15 is 0 Å². The predicted molar refractivity (Wildman–Crippen MR) is 47.5 cm³/mol. The number of nitrogens with zero attached hydrogens (tertiary/aromatic N) is 2. The van der Waals surface area contributed by atoms with E-state index in [9.17, 15) is 0 Å². The summed E-state index contributed by atoms with van der Waals surface area (Å²) >= 11 is 0. The lowest BCUT2D eigenvalue weighted by atomic mass is 10.3. The summed E-state index contributed by atoms with van der Waals surface area (Å²) in [6.45, 7) is 3.01. The van der Waals surface area contributed by atoms with Gasteiger partial charge < -0.3 is 0 Å². The van der Waals surface area contributed by atoms with Crippen LogP contribution in [0.15, 0.2) is 0 Å². The molecule has 0 aromatic heterocycles. The van der Waals surface area contributed by atoms with Crippen LogP contribution in [0.1, 0.15) is 25.7 Å². The highest BCUT2D eigenvalue weighted by Crippen LogP contribution is 2.33. The second-order valence-electron chi connectivity index (χ2n) is 4.24. The summed E-state index contributed by atoms with van der Waals surface area (Å²) < 4.78 is 0. The van der Waals surface area contributed by atoms with Crippen LogP contribution in [-0.2, 0) is 0 Å². The van der Waals surface area contributed by atoms with Crippen molar-refractivity contribution in [3.05, 3.63) is 0 Å². The highest BCUT2D eigenvalue weighted by Gasteiger charge is 2.28. The molecule has 0 heterocycles. The lowest BCUT2D eigenvalue weighted by molar-refractivity contribution is 0.282. The van der Waals surface area contributed by atoms with Gasteiger partial charge in [-0.25, -0.2) is 0 Å². The molecule has 0 aromatic carbocycles. The van der Waals surface area contributed by atoms with E-state index < -0.39 is 0 Å². The zero-order valence-electron chi connectivity index (χ0n) is 7.50. The summed E-state index contributed by atoms with van der Waals surface area (Å²) in [7, 11) is 0. The van der Waals surface area contributed by atoms with Gasteiger partial charge in [-0.05, 0) is 37.5 Å². The molecular weight excluding hydrogens is 148 g/mol. The third kappa shape index (κ3) is 2.49. The Bertz CT molecular complexity index is 173. The van der Waals surface area contributed by atoms with Gasteiger partial charge in [-0.3, -0.25) is 4.90 Å². The van der Waals surface area contributed by atoms with Crippen LogP contribution in [0.3, 0.4) is 0 Å². The van der Waals surface area contributed by atoms with Crippen molar-refractivity contribution in [3.8, 4) is 6.07 Å². The highest BCUT2D eigenvalue weighted by molar-refractivity contribution is 4.86. The van der Waals surface area contributed by atoms with Crippen molar-refractivity contribution in [2.45, 2.75) is 25.7 Å². The van der Waals surface area contributed by atoms with E-state index in [1.54, 1.807) is 0 Å². The van der Waals surface area contributed by atoms with Crippen LogP contribution < -0.4 is 0 Å². The van der Waals surface area contributed by atoms with Crippen molar-refractivity contribution < 1.29 is 0 Å². The number of hydrogen-bond acceptors (Lipinski definition) is 2. The summed E-state index contributed by atoms with van der Waals surface area (Å²) in [5.41, 5.74) is 0. The second kappa shape index (κ2) is 3.45. The topological polar surface area (TPSA) is 27.0 Å². The van der Waals surface area contributed by atoms with Crippen molar-refractivity contribution in [1.29, 1.82) is 5.26 Å². The average molecular weight is 164 g/mol. The third-order valence-corrected chi connectivity index (χ3v) is 2.72. The predicted octanol–water partition coefficient (Wildman–Crippen LogP) is 1.63. The molecule has 0 aliphatic heterocycles. The van der Waals surface area contributed by atoms with Crippen LogP contribution in [0.2, 0.25) is 0 Å². The lowest BCUT2D eigenvalue weighted by Gasteiger charge is -2.17. The van der Waals surface area contributed by atoms with E-state index in [1.807, 2.05) is 0 Å². The van der Waals surface area contributed by atoms with Crippen LogP contribution in [0.25, 0.3) is 0 Å². The fourth-order valence-electron chi connectivity index (χ4n) is 1.63. The van der Waals surface area contributed by atoms with Crippen molar-refractivity contribution >= 4 is 0 Å². The first-order valence-corrected chi connectivity index (χ1v) is 4.98. The Hall–Kier alpha value is -0.550. The van der Waals surface area contributed by atoms with Gasteiger partial charge >= 0.3 is 0 Å². The van der Waals surface area contributed by atoms with Crippen LogP contribution in [0.4, 0.5) is 0 Å². The van der Waals surface area contributed by atoms with Gasteiger partial charge in [-0.2, -0.15) is 5.26 Å². The molecule has 2 heteroatoms. The quantitative estimate of drug-likeness (QED) is 0.577. The molecule has 0 N–H and O–H groups in total. The Morgan fingerprint density at radius 2 is 1.58 bits per heavy atom. The van der Waals surface area contributed by atoms with E-state index in [1.165, 1.54) is 38.8 Å². The number of nitriles is 1. The van der Waals surface area contributed by atoms with Gasteiger partial charge in [0.1, 0.15) is 0 Å². The van der Waals surface area contributed by atoms with E-state index in [4.69, 9.17) is 5.26 Å². The molecule has 0 amide bonds. The molecule has 0 bridgehead atoms. The lowest BCUT2D eigenvalue weighted by Crippen LogP contribution is -2.28. The molecule has 12 heavy (non-hydrogen) atoms. The Balaban J connectivity index is 1.70. The number of rotatable bonds is 5. The van der Waals surface area contributed by atoms with Gasteiger partial charge in [0.25, 0.3) is 0 Å². The molecule has 0 radical (unpaired) electrons. The van der Waals surface area contributed by atoms with E-state index in [0.29, 0.717) is 6.54 Å². The fourth-order valence-corrected chi connectivity index (χ4v) is 1.63. The Labute approximate surface area is 74.2 Å². The van der Waals surface area contributed by atoms with Crippen LogP contribution in [0, 0.1) is 23.2 Å². The zero-order valence-corrected chi connectivity index (χ0v) is 7.50. The SMILES string of the molecule is N#CCN(CC1CC1)CC1CC1. The molecule has 0 atom stereocenters. The summed E-state index contributed by atoms with van der Waals surface area (Å²) in [5.74, 6) is 1.86. The van der Waals surface area contributed by atoms with E-state index in [2.05, 4.69) is 11.0 Å². The van der Waals surface area contributed by atoms with E-state index in [-0.39, 0.29) is 0 Å². The van der Waals surface area contributed by atoms with E-state index in [0.717, 1.165) is 11.8 Å². The van der Waals surface area contributed by atoms with Gasteiger partial charge in [-0.1, -0.05) is 0 Å². The molecule has 0 unspecified atom stereocenters. The molecule has 2 rings (SSSR count). The Morgan fingerprint density at radius 1 is 1.08 bits per heavy atom. The third-order valence-electron chi connectivity index (χ3n) is 2.72. The maximum Gasteiger partial charge on any atom is 0.0866 e. The molecule has 2 nitrogen and oxygen atoms in total. The summed E-state index contributed by atoms with van der Waals surface area (Å²) in [5, 5.41) is 8.61. The maximum atomic E-state index is 8.61. The molecule has 0 aromatic rings. The summed E-state index contributed by atoms with van der Waals surface area (Å²) in [6.07, 6.45) is 5.58. The molecule has 2 aliphatic rings. The largest absolute Gasteiger partial charge is 0.290 e. The first-order valence-electron chi connectivity index (χ1n) is 4.98. The smallest absolute Gasteiger partial charge is 0.0866 e. The average Bonchev–Trinajstić information content (AvgIpc) is 2.82. The monoisotopic (exact) mass is 164 g/mol. The Kier molecular flexibility index (Phi) is 2.32. The zero-order chi connectivity index (χ0) is 8.39. The molecule has 66 valence electrons. The minimum Gasteiger partial charge on any atom is -0.290 e.